The topological polar surface area (TPSA) is 46.5 Å². The lowest BCUT2D eigenvalue weighted by atomic mass is 10.1. The molecule has 0 aliphatic heterocycles. The second kappa shape index (κ2) is 3.26. The van der Waals surface area contributed by atoms with E-state index in [9.17, 15) is 4.79 Å². The lowest BCUT2D eigenvalue weighted by Crippen LogP contribution is -2.05. The summed E-state index contributed by atoms with van der Waals surface area (Å²) in [4.78, 5) is 11.1. The number of aliphatic hydroxyl groups excluding tert-OH is 1. The highest BCUT2D eigenvalue weighted by molar-refractivity contribution is 5.96. The van der Waals surface area contributed by atoms with E-state index in [2.05, 4.69) is 4.74 Å². The molecule has 0 aromatic rings. The smallest absolute Gasteiger partial charge is 0.338 e. The summed E-state index contributed by atoms with van der Waals surface area (Å²) in [5.41, 5.74) is 0.930. The maximum atomic E-state index is 11.1. The van der Waals surface area contributed by atoms with E-state index in [1.165, 1.54) is 14.0 Å². The Labute approximate surface area is 70.7 Å². The van der Waals surface area contributed by atoms with Crippen molar-refractivity contribution in [1.29, 1.82) is 0 Å². The van der Waals surface area contributed by atoms with Crippen molar-refractivity contribution in [2.24, 2.45) is 0 Å². The minimum absolute atomic E-state index is 0.125. The maximum Gasteiger partial charge on any atom is 0.338 e. The average Bonchev–Trinajstić information content (AvgIpc) is 2.50. The predicted molar refractivity (Wildman–Crippen MR) is 44.6 cm³/mol. The second-order valence-corrected chi connectivity index (χ2v) is 2.43. The molecule has 0 bridgehead atoms. The van der Waals surface area contributed by atoms with Crippen LogP contribution < -0.4 is 0 Å². The molecule has 0 amide bonds. The molecule has 0 aromatic carbocycles. The molecule has 0 heterocycles. The third-order valence-electron chi connectivity index (χ3n) is 1.61. The molecular weight excluding hydrogens is 156 g/mol. The van der Waals surface area contributed by atoms with Crippen molar-refractivity contribution in [3.8, 4) is 0 Å². The van der Waals surface area contributed by atoms with Crippen molar-refractivity contribution in [3.05, 3.63) is 35.1 Å². The highest BCUT2D eigenvalue weighted by Gasteiger charge is 2.17. The van der Waals surface area contributed by atoms with Crippen LogP contribution in [0.3, 0.4) is 0 Å². The molecule has 0 saturated carbocycles. The van der Waals surface area contributed by atoms with Crippen molar-refractivity contribution in [2.75, 3.05) is 7.11 Å². The van der Waals surface area contributed by atoms with Gasteiger partial charge >= 0.3 is 5.97 Å². The summed E-state index contributed by atoms with van der Waals surface area (Å²) in [6.07, 6.45) is 4.98. The third kappa shape index (κ3) is 1.39. The fourth-order valence-corrected chi connectivity index (χ4v) is 1.02. The molecule has 3 nitrogen and oxygen atoms in total. The Morgan fingerprint density at radius 3 is 2.75 bits per heavy atom. The van der Waals surface area contributed by atoms with Crippen LogP contribution in [-0.4, -0.2) is 18.2 Å². The van der Waals surface area contributed by atoms with Crippen molar-refractivity contribution >= 4 is 5.97 Å². The van der Waals surface area contributed by atoms with Gasteiger partial charge in [0.1, 0.15) is 0 Å². The van der Waals surface area contributed by atoms with Crippen molar-refractivity contribution < 1.29 is 14.6 Å². The molecule has 1 rings (SSSR count). The first-order chi connectivity index (χ1) is 5.66. The van der Waals surface area contributed by atoms with E-state index in [1.807, 2.05) is 0 Å². The number of rotatable bonds is 1. The minimum atomic E-state index is -0.427. The van der Waals surface area contributed by atoms with E-state index in [4.69, 9.17) is 5.11 Å². The number of methoxy groups -OCH3 is 1. The molecule has 12 heavy (non-hydrogen) atoms. The zero-order valence-electron chi connectivity index (χ0n) is 7.00. The van der Waals surface area contributed by atoms with Gasteiger partial charge in [-0.05, 0) is 13.0 Å². The van der Waals surface area contributed by atoms with Crippen LogP contribution >= 0.6 is 0 Å². The van der Waals surface area contributed by atoms with E-state index < -0.39 is 5.97 Å². The van der Waals surface area contributed by atoms with Crippen LogP contribution in [0.15, 0.2) is 35.1 Å². The van der Waals surface area contributed by atoms with Gasteiger partial charge in [0.05, 0.1) is 18.4 Å². The third-order valence-corrected chi connectivity index (χ3v) is 1.61. The van der Waals surface area contributed by atoms with Gasteiger partial charge in [-0.3, -0.25) is 0 Å². The molecule has 3 heteroatoms. The van der Waals surface area contributed by atoms with Crippen LogP contribution in [0, 0.1) is 0 Å². The van der Waals surface area contributed by atoms with Gasteiger partial charge in [0.2, 0.25) is 0 Å². The number of allylic oxidation sites excluding steroid dienone is 4. The summed E-state index contributed by atoms with van der Waals surface area (Å²) in [5, 5.41) is 9.15. The maximum absolute atomic E-state index is 11.1. The summed E-state index contributed by atoms with van der Waals surface area (Å²) >= 11 is 0. The Hall–Kier alpha value is -1.51. The summed E-state index contributed by atoms with van der Waals surface area (Å²) in [6.45, 7) is 1.53. The Morgan fingerprint density at radius 1 is 1.58 bits per heavy atom. The molecular formula is C9H10O3. The number of hydrogen-bond acceptors (Lipinski definition) is 3. The fraction of sp³-hybridized carbons (Fsp3) is 0.222. The van der Waals surface area contributed by atoms with Crippen LogP contribution in [0.25, 0.3) is 0 Å². The molecule has 0 fully saturated rings. The monoisotopic (exact) mass is 166 g/mol. The van der Waals surface area contributed by atoms with Crippen LogP contribution in [0.2, 0.25) is 0 Å². The molecule has 0 unspecified atom stereocenters. The van der Waals surface area contributed by atoms with Crippen LogP contribution in [-0.2, 0) is 9.53 Å². The first-order valence-corrected chi connectivity index (χ1v) is 3.53. The standard InChI is InChI=1S/C9H10O3/c1-6(10)7-4-3-5-8(7)9(11)12-2/h3-5,10H,1-2H3. The normalized spacial score (nSPS) is 19.0. The molecule has 0 atom stereocenters. The molecule has 1 aliphatic carbocycles. The van der Waals surface area contributed by atoms with Crippen molar-refractivity contribution in [3.63, 3.8) is 0 Å². The summed E-state index contributed by atoms with van der Waals surface area (Å²) < 4.78 is 4.52. The Kier molecular flexibility index (Phi) is 2.33. The van der Waals surface area contributed by atoms with Gasteiger partial charge in [-0.1, -0.05) is 12.2 Å². The van der Waals surface area contributed by atoms with Gasteiger partial charge < -0.3 is 9.84 Å². The lowest BCUT2D eigenvalue weighted by molar-refractivity contribution is -0.135. The molecule has 1 N–H and O–H groups in total. The molecule has 0 aromatic heterocycles. The summed E-state index contributed by atoms with van der Waals surface area (Å²) in [7, 11) is 1.31. The fourth-order valence-electron chi connectivity index (χ4n) is 1.02. The van der Waals surface area contributed by atoms with Gasteiger partial charge in [0.15, 0.2) is 0 Å². The molecule has 0 spiro atoms. The largest absolute Gasteiger partial charge is 0.512 e. The van der Waals surface area contributed by atoms with E-state index in [1.54, 1.807) is 18.2 Å². The zero-order chi connectivity index (χ0) is 9.14. The molecule has 1 aliphatic rings. The Bertz CT molecular complexity index is 291. The number of carbonyl (C=O) groups is 1. The predicted octanol–water partition coefficient (Wildman–Crippen LogP) is 1.49. The van der Waals surface area contributed by atoms with Gasteiger partial charge in [0.25, 0.3) is 0 Å². The van der Waals surface area contributed by atoms with Crippen LogP contribution in [0.1, 0.15) is 6.92 Å². The summed E-state index contributed by atoms with van der Waals surface area (Å²) in [5.74, 6) is -0.302. The number of aliphatic hydroxyl groups is 1. The molecule has 64 valence electrons. The SMILES string of the molecule is COC(=O)C1=CC=CC1=C(C)O. The van der Waals surface area contributed by atoms with E-state index in [0.29, 0.717) is 11.1 Å². The molecule has 0 saturated heterocycles. The van der Waals surface area contributed by atoms with Gasteiger partial charge in [-0.25, -0.2) is 4.79 Å². The number of carbonyl (C=O) groups excluding carboxylic acids is 1. The van der Waals surface area contributed by atoms with Gasteiger partial charge in [-0.15, -0.1) is 0 Å². The van der Waals surface area contributed by atoms with Crippen molar-refractivity contribution in [2.45, 2.75) is 6.92 Å². The first-order valence-electron chi connectivity index (χ1n) is 3.53. The van der Waals surface area contributed by atoms with E-state index in [0.717, 1.165) is 0 Å². The average molecular weight is 166 g/mol. The second-order valence-electron chi connectivity index (χ2n) is 2.43. The lowest BCUT2D eigenvalue weighted by Gasteiger charge is -2.02. The van der Waals surface area contributed by atoms with Gasteiger partial charge in [-0.2, -0.15) is 0 Å². The first kappa shape index (κ1) is 8.59. The number of hydrogen-bond donors (Lipinski definition) is 1. The van der Waals surface area contributed by atoms with Gasteiger partial charge in [0, 0.05) is 5.57 Å². The molecule has 0 radical (unpaired) electrons. The minimum Gasteiger partial charge on any atom is -0.512 e. The van der Waals surface area contributed by atoms with Crippen molar-refractivity contribution in [1.82, 2.24) is 0 Å². The number of ether oxygens (including phenoxy) is 1. The highest BCUT2D eigenvalue weighted by atomic mass is 16.5. The van der Waals surface area contributed by atoms with Crippen LogP contribution in [0.5, 0.6) is 0 Å². The van der Waals surface area contributed by atoms with E-state index in [-0.39, 0.29) is 5.76 Å². The zero-order valence-corrected chi connectivity index (χ0v) is 7.00. The highest BCUT2D eigenvalue weighted by Crippen LogP contribution is 2.21. The Morgan fingerprint density at radius 2 is 2.25 bits per heavy atom. The van der Waals surface area contributed by atoms with E-state index >= 15 is 0 Å². The number of esters is 1. The Balaban J connectivity index is 2.97. The quantitative estimate of drug-likeness (QED) is 0.474. The summed E-state index contributed by atoms with van der Waals surface area (Å²) in [6, 6.07) is 0. The van der Waals surface area contributed by atoms with Crippen LogP contribution in [0.4, 0.5) is 0 Å².